The van der Waals surface area contributed by atoms with Crippen LogP contribution >= 0.6 is 23.3 Å². The fraction of sp³-hybridized carbons (Fsp3) is 0.595. The minimum atomic E-state index is -5.79. The monoisotopic (exact) mass is 872 g/mol. The molecule has 58 heavy (non-hydrogen) atoms. The minimum absolute atomic E-state index is 0.0340. The molecule has 2 bridgehead atoms. The van der Waals surface area contributed by atoms with Gasteiger partial charge in [0, 0.05) is 36.5 Å². The number of amides is 1. The number of nitrogens with two attached hydrogens (primary N) is 1. The van der Waals surface area contributed by atoms with Crippen molar-refractivity contribution in [1.82, 2.24) is 10.2 Å². The number of nitrogens with one attached hydrogen (secondary N) is 1. The molecule has 6 unspecified atom stereocenters. The Morgan fingerprint density at radius 1 is 1.00 bits per heavy atom. The molecule has 4 aliphatic carbocycles. The number of benzene rings is 2. The Morgan fingerprint density at radius 3 is 2.14 bits per heavy atom. The number of carbonyl (C=O) groups is 2. The van der Waals surface area contributed by atoms with Gasteiger partial charge in [0.2, 0.25) is 0 Å². The van der Waals surface area contributed by atoms with Crippen LogP contribution in [0.5, 0.6) is 5.75 Å². The van der Waals surface area contributed by atoms with Crippen molar-refractivity contribution in [2.75, 3.05) is 20.1 Å². The number of carbonyl (C=O) groups excluding carboxylic acids is 2. The van der Waals surface area contributed by atoms with Crippen LogP contribution in [0.4, 0.5) is 13.2 Å². The molecule has 0 aromatic heterocycles. The van der Waals surface area contributed by atoms with Crippen LogP contribution in [0.3, 0.4) is 0 Å². The molecule has 2 aromatic rings. The van der Waals surface area contributed by atoms with Crippen molar-refractivity contribution in [3.05, 3.63) is 58.3 Å². The molecule has 7 rings (SSSR count). The number of fused-ring (bicyclic) bond motifs is 8. The van der Waals surface area contributed by atoms with E-state index in [-0.39, 0.29) is 35.5 Å². The molecule has 16 heteroatoms. The molecule has 4 N–H and O–H groups in total. The number of thiol groups is 2. The molecule has 0 radical (unpaired) electrons. The number of likely N-dealkylation sites (tertiary alicyclic amines) is 1. The van der Waals surface area contributed by atoms with Gasteiger partial charge < -0.3 is 30.0 Å². The van der Waals surface area contributed by atoms with E-state index in [0.29, 0.717) is 30.5 Å². The molecule has 2 aromatic carbocycles. The smallest absolute Gasteiger partial charge is 0.383 e. The number of alkyl halides is 3. The van der Waals surface area contributed by atoms with Crippen LogP contribution in [0.2, 0.25) is 0 Å². The quantitative estimate of drug-likeness (QED) is 0.0523. The molecule has 1 saturated heterocycles. The van der Waals surface area contributed by atoms with E-state index in [4.69, 9.17) is 8.98 Å². The maximum absolute atomic E-state index is 13.3. The summed E-state index contributed by atoms with van der Waals surface area (Å²) in [4.78, 5) is 26.9. The lowest BCUT2D eigenvalue weighted by atomic mass is 9.72. The maximum Gasteiger partial charge on any atom is 0.534 e. The molecule has 1 aliphatic heterocycles. The topological polar surface area (TPSA) is 151 Å². The second-order valence-electron chi connectivity index (χ2n) is 14.5. The van der Waals surface area contributed by atoms with Gasteiger partial charge >= 0.3 is 15.6 Å². The van der Waals surface area contributed by atoms with Crippen LogP contribution < -0.4 is 15.2 Å². The van der Waals surface area contributed by atoms with Gasteiger partial charge in [0.1, 0.15) is 18.6 Å². The minimum Gasteiger partial charge on any atom is -0.383 e. The Labute approximate surface area is 354 Å². The van der Waals surface area contributed by atoms with Crippen molar-refractivity contribution in [3.8, 4) is 16.9 Å². The molecule has 326 valence electrons. The van der Waals surface area contributed by atoms with Gasteiger partial charge in [-0.1, -0.05) is 59.7 Å². The highest BCUT2D eigenvalue weighted by Crippen LogP contribution is 2.61. The van der Waals surface area contributed by atoms with E-state index < -0.39 is 21.7 Å². The number of hydrogen-bond donors (Lipinski definition) is 5. The highest BCUT2D eigenvalue weighted by Gasteiger charge is 2.50. The van der Waals surface area contributed by atoms with Gasteiger partial charge in [-0.25, -0.2) is 0 Å². The average molecular weight is 873 g/mol. The molecule has 1 heterocycles. The van der Waals surface area contributed by atoms with Gasteiger partial charge in [0.05, 0.1) is 5.70 Å². The predicted octanol–water partition coefficient (Wildman–Crippen LogP) is 8.80. The second kappa shape index (κ2) is 23.1. The number of hydrogen-bond acceptors (Lipinski definition) is 11. The zero-order valence-corrected chi connectivity index (χ0v) is 37.4. The van der Waals surface area contributed by atoms with Gasteiger partial charge in [0.25, 0.3) is 5.91 Å². The molecule has 10 nitrogen and oxygen atoms in total. The van der Waals surface area contributed by atoms with Crippen molar-refractivity contribution in [1.29, 1.82) is 0 Å². The van der Waals surface area contributed by atoms with E-state index >= 15 is 0 Å². The van der Waals surface area contributed by atoms with Gasteiger partial charge in [-0.15, -0.1) is 23.3 Å². The van der Waals surface area contributed by atoms with Crippen molar-refractivity contribution >= 4 is 58.6 Å². The highest BCUT2D eigenvalue weighted by molar-refractivity contribution is 8.59. The van der Waals surface area contributed by atoms with Crippen molar-refractivity contribution in [2.24, 2.45) is 22.6 Å². The number of aliphatic hydroxyl groups is 1. The van der Waals surface area contributed by atoms with E-state index in [1.165, 1.54) is 24.2 Å². The Morgan fingerprint density at radius 2 is 1.59 bits per heavy atom. The SMILES string of the molecule is C=N/C=C(\NCC1CCCN1C(=O)C(O)C(C)C)c1ccc(-c2ccc(OS(=O)(=O)C(F)(F)F)c3c2C2CCC3C2)c2c1CC1CCC21.C=O.CC.CC.CN.SS. The zero-order valence-electron chi connectivity index (χ0n) is 34.8. The first-order valence-electron chi connectivity index (χ1n) is 20.1. The zero-order chi connectivity index (χ0) is 44.1. The van der Waals surface area contributed by atoms with E-state index in [2.05, 4.69) is 58.2 Å². The Bertz CT molecular complexity index is 1830. The first-order valence-corrected chi connectivity index (χ1v) is 23.1. The molecule has 0 spiro atoms. The van der Waals surface area contributed by atoms with Crippen LogP contribution in [-0.2, 0) is 26.1 Å². The maximum atomic E-state index is 13.3. The van der Waals surface area contributed by atoms with Gasteiger partial charge in [0.15, 0.2) is 0 Å². The van der Waals surface area contributed by atoms with Crippen LogP contribution in [0.1, 0.15) is 132 Å². The molecule has 5 aliphatic rings. The van der Waals surface area contributed by atoms with Crippen LogP contribution in [0.25, 0.3) is 16.8 Å². The summed E-state index contributed by atoms with van der Waals surface area (Å²) in [5.41, 5.74) is 6.82. The van der Waals surface area contributed by atoms with Gasteiger partial charge in [-0.05, 0) is 129 Å². The Kier molecular flexibility index (Phi) is 20.3. The Hall–Kier alpha value is -3.05. The lowest BCUT2D eigenvalue weighted by Gasteiger charge is -2.32. The lowest BCUT2D eigenvalue weighted by molar-refractivity contribution is -0.143. The first kappa shape index (κ1) is 51.1. The first-order chi connectivity index (χ1) is 27.8. The summed E-state index contributed by atoms with van der Waals surface area (Å²) in [5.74, 6) is 0.354. The van der Waals surface area contributed by atoms with Crippen LogP contribution in [-0.4, -0.2) is 75.6 Å². The molecule has 1 amide bonds. The summed E-state index contributed by atoms with van der Waals surface area (Å²) < 4.78 is 68.7. The standard InChI is InChI=1S/C36H42F3N3O5S.2C2H6.CH5N.CH2O.H2S2/c1-19(2)34(43)35(44)42-14-4-5-23(42)17-41-29(18-40-3)25-10-11-27(33-24-9-8-20(24)16-28(25)33)26-12-13-30(47-48(45,46)36(37,38)39)32-22-7-6-21(15-22)31(26)32;5*1-2/h10-13,18-24,34,41,43H,3-9,14-17H2,1-2H3;2*1-2H3;2H2,1H3;1H2;1-2H/b29-18-;;;;;. The highest BCUT2D eigenvalue weighted by atomic mass is 33.1. The third-order valence-corrected chi connectivity index (χ3v) is 12.4. The molecule has 3 fully saturated rings. The number of nitrogens with zero attached hydrogens (tertiary/aromatic N) is 2. The third-order valence-electron chi connectivity index (χ3n) is 11.5. The largest absolute Gasteiger partial charge is 0.534 e. The number of rotatable bonds is 10. The molecular weight excluding hydrogens is 810 g/mol. The summed E-state index contributed by atoms with van der Waals surface area (Å²) in [5, 5.41) is 14.0. The van der Waals surface area contributed by atoms with Crippen molar-refractivity contribution < 1.29 is 40.5 Å². The summed E-state index contributed by atoms with van der Waals surface area (Å²) in [7, 11) is -4.29. The number of aliphatic imine (C=N–C) groups is 1. The summed E-state index contributed by atoms with van der Waals surface area (Å²) in [6.07, 6.45) is 7.92. The van der Waals surface area contributed by atoms with E-state index in [9.17, 15) is 31.5 Å². The van der Waals surface area contributed by atoms with E-state index in [1.807, 2.05) is 48.3 Å². The lowest BCUT2D eigenvalue weighted by Crippen LogP contribution is -2.47. The summed E-state index contributed by atoms with van der Waals surface area (Å²) in [6.45, 7) is 18.5. The van der Waals surface area contributed by atoms with Gasteiger partial charge in [-0.3, -0.25) is 9.79 Å². The van der Waals surface area contributed by atoms with Gasteiger partial charge in [-0.2, -0.15) is 21.6 Å². The summed E-state index contributed by atoms with van der Waals surface area (Å²) in [6, 6.07) is 7.25. The number of halogens is 3. The fourth-order valence-corrected chi connectivity index (χ4v) is 9.51. The molecular formula is C42H63F3N4O6S3. The van der Waals surface area contributed by atoms with E-state index in [1.54, 1.807) is 17.2 Å². The summed E-state index contributed by atoms with van der Waals surface area (Å²) >= 11 is 6.44. The normalized spacial score (nSPS) is 22.5. The fourth-order valence-electron chi connectivity index (χ4n) is 9.03. The van der Waals surface area contributed by atoms with Crippen molar-refractivity contribution in [2.45, 2.75) is 128 Å². The average Bonchev–Trinajstić information content (AvgIpc) is 4.03. The van der Waals surface area contributed by atoms with Crippen LogP contribution in [0, 0.1) is 11.8 Å². The van der Waals surface area contributed by atoms with Crippen molar-refractivity contribution in [3.63, 3.8) is 0 Å². The Balaban J connectivity index is 0.00000108. The molecule has 2 saturated carbocycles. The molecule has 6 atom stereocenters. The third kappa shape index (κ3) is 10.4. The van der Waals surface area contributed by atoms with Crippen LogP contribution in [0.15, 0.2) is 35.5 Å². The number of aliphatic hydroxyl groups excluding tert-OH is 1. The second-order valence-corrected chi connectivity index (χ2v) is 16.0. The van der Waals surface area contributed by atoms with E-state index in [0.717, 1.165) is 79.3 Å². The predicted molar refractivity (Wildman–Crippen MR) is 235 cm³/mol.